The fourth-order valence-corrected chi connectivity index (χ4v) is 1.98. The molecule has 0 bridgehead atoms. The first-order valence-corrected chi connectivity index (χ1v) is 7.15. The number of ether oxygens (including phenoxy) is 1. The average molecular weight is 331 g/mol. The van der Waals surface area contributed by atoms with E-state index in [0.717, 1.165) is 38.2 Å². The minimum Gasteiger partial charge on any atom is -0.381 e. The summed E-state index contributed by atoms with van der Waals surface area (Å²) in [5, 5.41) is 14.0. The molecule has 1 aromatic carbocycles. The van der Waals surface area contributed by atoms with E-state index < -0.39 is 0 Å². The SMILES string of the molecule is CCCOCCCNCc1ccc(Br)c([N+](=O)[O-])c1. The van der Waals surface area contributed by atoms with Gasteiger partial charge in [0.25, 0.3) is 5.69 Å². The summed E-state index contributed by atoms with van der Waals surface area (Å²) in [7, 11) is 0. The molecule has 106 valence electrons. The highest BCUT2D eigenvalue weighted by atomic mass is 79.9. The first-order valence-electron chi connectivity index (χ1n) is 6.36. The Balaban J connectivity index is 2.30. The van der Waals surface area contributed by atoms with Crippen molar-refractivity contribution >= 4 is 21.6 Å². The van der Waals surface area contributed by atoms with Crippen LogP contribution in [0.1, 0.15) is 25.3 Å². The molecule has 0 aromatic heterocycles. The van der Waals surface area contributed by atoms with Gasteiger partial charge in [-0.3, -0.25) is 10.1 Å². The molecule has 0 saturated heterocycles. The lowest BCUT2D eigenvalue weighted by Crippen LogP contribution is -2.16. The molecular formula is C13H19BrN2O3. The van der Waals surface area contributed by atoms with Gasteiger partial charge in [-0.15, -0.1) is 0 Å². The van der Waals surface area contributed by atoms with Crippen molar-refractivity contribution in [3.05, 3.63) is 38.3 Å². The van der Waals surface area contributed by atoms with Crippen LogP contribution in [-0.4, -0.2) is 24.7 Å². The van der Waals surface area contributed by atoms with Gasteiger partial charge >= 0.3 is 0 Å². The van der Waals surface area contributed by atoms with Crippen molar-refractivity contribution in [3.63, 3.8) is 0 Å². The molecule has 0 unspecified atom stereocenters. The second-order valence-electron chi connectivity index (χ2n) is 4.19. The van der Waals surface area contributed by atoms with Gasteiger partial charge in [0.05, 0.1) is 9.40 Å². The standard InChI is InChI=1S/C13H19BrN2O3/c1-2-7-19-8-3-6-15-10-11-4-5-12(14)13(9-11)16(17)18/h4-5,9,15H,2-3,6-8,10H2,1H3. The second-order valence-corrected chi connectivity index (χ2v) is 5.04. The van der Waals surface area contributed by atoms with E-state index in [4.69, 9.17) is 4.74 Å². The molecule has 0 saturated carbocycles. The fraction of sp³-hybridized carbons (Fsp3) is 0.538. The maximum absolute atomic E-state index is 10.8. The third kappa shape index (κ3) is 6.13. The molecule has 6 heteroatoms. The van der Waals surface area contributed by atoms with E-state index in [9.17, 15) is 10.1 Å². The van der Waals surface area contributed by atoms with E-state index >= 15 is 0 Å². The minimum absolute atomic E-state index is 0.102. The number of nitro benzene ring substituents is 1. The lowest BCUT2D eigenvalue weighted by atomic mass is 10.2. The van der Waals surface area contributed by atoms with Gasteiger partial charge in [-0.25, -0.2) is 0 Å². The number of nitro groups is 1. The van der Waals surface area contributed by atoms with Crippen molar-refractivity contribution in [2.75, 3.05) is 19.8 Å². The predicted molar refractivity (Wildman–Crippen MR) is 78.2 cm³/mol. The van der Waals surface area contributed by atoms with Gasteiger partial charge in [-0.2, -0.15) is 0 Å². The summed E-state index contributed by atoms with van der Waals surface area (Å²) in [6.45, 7) is 5.11. The van der Waals surface area contributed by atoms with Crippen molar-refractivity contribution in [3.8, 4) is 0 Å². The van der Waals surface area contributed by atoms with Crippen molar-refractivity contribution in [2.45, 2.75) is 26.3 Å². The van der Waals surface area contributed by atoms with Crippen LogP contribution < -0.4 is 5.32 Å². The van der Waals surface area contributed by atoms with Crippen LogP contribution in [0.5, 0.6) is 0 Å². The number of nitrogens with zero attached hydrogens (tertiary/aromatic N) is 1. The molecule has 0 aliphatic heterocycles. The van der Waals surface area contributed by atoms with Crippen LogP contribution in [0.2, 0.25) is 0 Å². The quantitative estimate of drug-likeness (QED) is 0.428. The van der Waals surface area contributed by atoms with Crippen molar-refractivity contribution in [1.29, 1.82) is 0 Å². The molecule has 19 heavy (non-hydrogen) atoms. The van der Waals surface area contributed by atoms with E-state index in [1.807, 2.05) is 6.07 Å². The highest BCUT2D eigenvalue weighted by Crippen LogP contribution is 2.25. The van der Waals surface area contributed by atoms with Gasteiger partial charge in [0, 0.05) is 25.8 Å². The molecule has 0 fully saturated rings. The van der Waals surface area contributed by atoms with E-state index in [1.54, 1.807) is 12.1 Å². The van der Waals surface area contributed by atoms with Crippen LogP contribution >= 0.6 is 15.9 Å². The monoisotopic (exact) mass is 330 g/mol. The Hall–Kier alpha value is -0.980. The van der Waals surface area contributed by atoms with Gasteiger partial charge < -0.3 is 10.1 Å². The molecule has 1 rings (SSSR count). The predicted octanol–water partition coefficient (Wildman–Crippen LogP) is 3.26. The molecule has 0 radical (unpaired) electrons. The summed E-state index contributed by atoms with van der Waals surface area (Å²) in [6, 6.07) is 5.17. The third-order valence-electron chi connectivity index (χ3n) is 2.53. The van der Waals surface area contributed by atoms with E-state index in [-0.39, 0.29) is 10.6 Å². The summed E-state index contributed by atoms with van der Waals surface area (Å²) in [5.74, 6) is 0. The molecule has 0 spiro atoms. The van der Waals surface area contributed by atoms with Crippen molar-refractivity contribution in [2.24, 2.45) is 0 Å². The van der Waals surface area contributed by atoms with Crippen LogP contribution in [-0.2, 0) is 11.3 Å². The van der Waals surface area contributed by atoms with Crippen LogP contribution in [0.25, 0.3) is 0 Å². The highest BCUT2D eigenvalue weighted by molar-refractivity contribution is 9.10. The Bertz CT molecular complexity index is 413. The number of nitrogens with one attached hydrogen (secondary N) is 1. The topological polar surface area (TPSA) is 64.4 Å². The van der Waals surface area contributed by atoms with Crippen LogP contribution in [0.4, 0.5) is 5.69 Å². The van der Waals surface area contributed by atoms with Crippen molar-refractivity contribution in [1.82, 2.24) is 5.32 Å². The van der Waals surface area contributed by atoms with E-state index in [2.05, 4.69) is 28.2 Å². The van der Waals surface area contributed by atoms with Gasteiger partial charge in [0.1, 0.15) is 0 Å². The van der Waals surface area contributed by atoms with Crippen LogP contribution in [0.3, 0.4) is 0 Å². The van der Waals surface area contributed by atoms with Crippen LogP contribution in [0.15, 0.2) is 22.7 Å². The Kier molecular flexibility index (Phi) is 7.62. The van der Waals surface area contributed by atoms with Gasteiger partial charge in [-0.05, 0) is 46.9 Å². The zero-order valence-corrected chi connectivity index (χ0v) is 12.6. The second kappa shape index (κ2) is 9.01. The number of halogens is 1. The molecule has 5 nitrogen and oxygen atoms in total. The summed E-state index contributed by atoms with van der Waals surface area (Å²) in [6.07, 6.45) is 1.98. The Morgan fingerprint density at radius 3 is 2.89 bits per heavy atom. The summed E-state index contributed by atoms with van der Waals surface area (Å²) in [5.41, 5.74) is 1.01. The molecule has 0 aliphatic carbocycles. The lowest BCUT2D eigenvalue weighted by molar-refractivity contribution is -0.385. The summed E-state index contributed by atoms with van der Waals surface area (Å²) in [4.78, 5) is 10.4. The largest absolute Gasteiger partial charge is 0.381 e. The normalized spacial score (nSPS) is 10.6. The summed E-state index contributed by atoms with van der Waals surface area (Å²) >= 11 is 3.17. The Morgan fingerprint density at radius 1 is 1.42 bits per heavy atom. The number of hydrogen-bond donors (Lipinski definition) is 1. The zero-order chi connectivity index (χ0) is 14.1. The van der Waals surface area contributed by atoms with Crippen LogP contribution in [0, 0.1) is 10.1 Å². The molecule has 0 aliphatic rings. The van der Waals surface area contributed by atoms with E-state index in [0.29, 0.717) is 11.0 Å². The highest BCUT2D eigenvalue weighted by Gasteiger charge is 2.11. The van der Waals surface area contributed by atoms with Gasteiger partial charge in [-0.1, -0.05) is 13.0 Å². The fourth-order valence-electron chi connectivity index (χ4n) is 1.59. The maximum Gasteiger partial charge on any atom is 0.283 e. The maximum atomic E-state index is 10.8. The first kappa shape index (κ1) is 16.1. The molecule has 1 N–H and O–H groups in total. The van der Waals surface area contributed by atoms with Crippen molar-refractivity contribution < 1.29 is 9.66 Å². The van der Waals surface area contributed by atoms with E-state index in [1.165, 1.54) is 0 Å². The molecule has 0 amide bonds. The molecule has 1 aromatic rings. The third-order valence-corrected chi connectivity index (χ3v) is 3.20. The Labute approximate surface area is 121 Å². The number of rotatable bonds is 9. The molecule has 0 heterocycles. The zero-order valence-electron chi connectivity index (χ0n) is 11.0. The first-order chi connectivity index (χ1) is 9.15. The smallest absolute Gasteiger partial charge is 0.283 e. The van der Waals surface area contributed by atoms with Gasteiger partial charge in [0.2, 0.25) is 0 Å². The molecule has 0 atom stereocenters. The van der Waals surface area contributed by atoms with Gasteiger partial charge in [0.15, 0.2) is 0 Å². The summed E-state index contributed by atoms with van der Waals surface area (Å²) < 4.78 is 5.87. The Morgan fingerprint density at radius 2 is 2.21 bits per heavy atom. The number of hydrogen-bond acceptors (Lipinski definition) is 4. The molecular weight excluding hydrogens is 312 g/mol. The average Bonchev–Trinajstić information content (AvgIpc) is 2.39. The minimum atomic E-state index is -0.383. The lowest BCUT2D eigenvalue weighted by Gasteiger charge is -2.06. The number of benzene rings is 1.